The van der Waals surface area contributed by atoms with Crippen LogP contribution < -0.4 is 11.5 Å². The molecule has 2 rings (SSSR count). The van der Waals surface area contributed by atoms with Gasteiger partial charge < -0.3 is 15.9 Å². The number of nitrogens with two attached hydrogens (primary N) is 2. The highest BCUT2D eigenvalue weighted by Crippen LogP contribution is 2.36. The van der Waals surface area contributed by atoms with E-state index in [9.17, 15) is 4.79 Å². The lowest BCUT2D eigenvalue weighted by Crippen LogP contribution is -2.42. The molecule has 5 heteroatoms. The summed E-state index contributed by atoms with van der Waals surface area (Å²) >= 11 is 0. The van der Waals surface area contributed by atoms with Crippen molar-refractivity contribution in [2.24, 2.45) is 16.9 Å². The standard InChI is InChI=1S/C14H23N3O2/c1-9-4-5-11(19-9)12(10(2)15)17-7-6-14(3,8-17)13(16)18/h4-5,10,12H,6-8,15H2,1-3H3,(H2,16,18). The van der Waals surface area contributed by atoms with Crippen molar-refractivity contribution in [2.45, 2.75) is 39.3 Å². The van der Waals surface area contributed by atoms with E-state index in [0.29, 0.717) is 6.54 Å². The minimum absolute atomic E-state index is 0.00475. The predicted molar refractivity (Wildman–Crippen MR) is 73.3 cm³/mol. The van der Waals surface area contributed by atoms with E-state index in [1.54, 1.807) is 0 Å². The van der Waals surface area contributed by atoms with Crippen LogP contribution in [0.25, 0.3) is 0 Å². The van der Waals surface area contributed by atoms with Gasteiger partial charge in [-0.05, 0) is 39.3 Å². The Morgan fingerprint density at radius 2 is 2.21 bits per heavy atom. The molecule has 0 bridgehead atoms. The molecule has 106 valence electrons. The van der Waals surface area contributed by atoms with Crippen LogP contribution in [0.4, 0.5) is 0 Å². The number of carbonyl (C=O) groups excluding carboxylic acids is 1. The zero-order valence-electron chi connectivity index (χ0n) is 11.8. The third kappa shape index (κ3) is 2.67. The smallest absolute Gasteiger partial charge is 0.224 e. The van der Waals surface area contributed by atoms with Gasteiger partial charge in [-0.3, -0.25) is 9.69 Å². The number of amides is 1. The van der Waals surface area contributed by atoms with E-state index in [-0.39, 0.29) is 18.0 Å². The predicted octanol–water partition coefficient (Wildman–Crippen LogP) is 1.17. The molecule has 1 amide bonds. The summed E-state index contributed by atoms with van der Waals surface area (Å²) in [6.07, 6.45) is 0.769. The molecule has 1 aromatic rings. The maximum Gasteiger partial charge on any atom is 0.224 e. The maximum absolute atomic E-state index is 11.5. The van der Waals surface area contributed by atoms with Crippen molar-refractivity contribution in [1.82, 2.24) is 4.90 Å². The topological polar surface area (TPSA) is 85.5 Å². The van der Waals surface area contributed by atoms with Gasteiger partial charge >= 0.3 is 0 Å². The molecule has 1 saturated heterocycles. The van der Waals surface area contributed by atoms with E-state index in [2.05, 4.69) is 4.90 Å². The second-order valence-electron chi connectivity index (χ2n) is 5.90. The lowest BCUT2D eigenvalue weighted by Gasteiger charge is -2.30. The van der Waals surface area contributed by atoms with Gasteiger partial charge in [-0.1, -0.05) is 0 Å². The number of primary amides is 1. The number of hydrogen-bond donors (Lipinski definition) is 2. The Hall–Kier alpha value is -1.33. The Balaban J connectivity index is 2.21. The fraction of sp³-hybridized carbons (Fsp3) is 0.643. The van der Waals surface area contributed by atoms with Crippen LogP contribution in [0, 0.1) is 12.3 Å². The molecule has 1 aliphatic rings. The summed E-state index contributed by atoms with van der Waals surface area (Å²) in [5.41, 5.74) is 11.1. The monoisotopic (exact) mass is 265 g/mol. The maximum atomic E-state index is 11.5. The molecular weight excluding hydrogens is 242 g/mol. The first-order chi connectivity index (χ1) is 8.83. The highest BCUT2D eigenvalue weighted by Gasteiger charge is 2.42. The van der Waals surface area contributed by atoms with Crippen molar-refractivity contribution >= 4 is 5.91 Å². The number of hydrogen-bond acceptors (Lipinski definition) is 4. The Morgan fingerprint density at radius 1 is 1.53 bits per heavy atom. The lowest BCUT2D eigenvalue weighted by atomic mass is 9.89. The number of furan rings is 1. The summed E-state index contributed by atoms with van der Waals surface area (Å²) in [7, 11) is 0. The molecule has 1 aliphatic heterocycles. The molecule has 2 heterocycles. The molecule has 3 atom stereocenters. The average Bonchev–Trinajstić information content (AvgIpc) is 2.87. The number of carbonyl (C=O) groups is 1. The summed E-state index contributed by atoms with van der Waals surface area (Å²) in [6, 6.07) is 3.83. The van der Waals surface area contributed by atoms with Crippen LogP contribution in [0.1, 0.15) is 37.8 Å². The molecule has 0 aliphatic carbocycles. The van der Waals surface area contributed by atoms with Gasteiger partial charge in [0.15, 0.2) is 0 Å². The van der Waals surface area contributed by atoms with E-state index in [1.807, 2.05) is 32.9 Å². The number of nitrogens with zero attached hydrogens (tertiary/aromatic N) is 1. The van der Waals surface area contributed by atoms with Crippen LogP contribution in [0.2, 0.25) is 0 Å². The van der Waals surface area contributed by atoms with Gasteiger partial charge in [-0.15, -0.1) is 0 Å². The quantitative estimate of drug-likeness (QED) is 0.855. The zero-order valence-corrected chi connectivity index (χ0v) is 11.8. The largest absolute Gasteiger partial charge is 0.465 e. The Labute approximate surface area is 113 Å². The molecule has 0 aromatic carbocycles. The van der Waals surface area contributed by atoms with Crippen LogP contribution in [-0.2, 0) is 4.79 Å². The van der Waals surface area contributed by atoms with E-state index >= 15 is 0 Å². The highest BCUT2D eigenvalue weighted by atomic mass is 16.3. The lowest BCUT2D eigenvalue weighted by molar-refractivity contribution is -0.126. The van der Waals surface area contributed by atoms with Gasteiger partial charge in [0.25, 0.3) is 0 Å². The summed E-state index contributed by atoms with van der Waals surface area (Å²) in [4.78, 5) is 13.7. The van der Waals surface area contributed by atoms with Crippen molar-refractivity contribution in [3.8, 4) is 0 Å². The van der Waals surface area contributed by atoms with Crippen molar-refractivity contribution in [3.63, 3.8) is 0 Å². The molecule has 3 unspecified atom stereocenters. The van der Waals surface area contributed by atoms with Gasteiger partial charge in [0, 0.05) is 19.1 Å². The molecule has 4 N–H and O–H groups in total. The summed E-state index contributed by atoms with van der Waals surface area (Å²) in [5, 5.41) is 0. The highest BCUT2D eigenvalue weighted by molar-refractivity contribution is 5.81. The van der Waals surface area contributed by atoms with Gasteiger partial charge in [0.05, 0.1) is 11.5 Å². The van der Waals surface area contributed by atoms with Gasteiger partial charge in [0.2, 0.25) is 5.91 Å². The van der Waals surface area contributed by atoms with Crippen molar-refractivity contribution in [3.05, 3.63) is 23.7 Å². The van der Waals surface area contributed by atoms with E-state index in [1.165, 1.54) is 0 Å². The first kappa shape index (κ1) is 14.1. The van der Waals surface area contributed by atoms with E-state index in [4.69, 9.17) is 15.9 Å². The van der Waals surface area contributed by atoms with Gasteiger partial charge in [-0.25, -0.2) is 0 Å². The summed E-state index contributed by atoms with van der Waals surface area (Å²) in [6.45, 7) is 7.24. The normalized spacial score (nSPS) is 27.4. The first-order valence-electron chi connectivity index (χ1n) is 6.69. The third-order valence-corrected chi connectivity index (χ3v) is 4.04. The molecule has 0 radical (unpaired) electrons. The van der Waals surface area contributed by atoms with Crippen LogP contribution in [0.3, 0.4) is 0 Å². The fourth-order valence-electron chi connectivity index (χ4n) is 2.82. The van der Waals surface area contributed by atoms with Crippen LogP contribution in [-0.4, -0.2) is 29.9 Å². The Morgan fingerprint density at radius 3 is 2.63 bits per heavy atom. The van der Waals surface area contributed by atoms with Crippen LogP contribution in [0.15, 0.2) is 16.5 Å². The fourth-order valence-corrected chi connectivity index (χ4v) is 2.82. The van der Waals surface area contributed by atoms with Crippen molar-refractivity contribution in [2.75, 3.05) is 13.1 Å². The van der Waals surface area contributed by atoms with E-state index in [0.717, 1.165) is 24.5 Å². The molecule has 1 aromatic heterocycles. The van der Waals surface area contributed by atoms with Gasteiger partial charge in [-0.2, -0.15) is 0 Å². The first-order valence-corrected chi connectivity index (χ1v) is 6.69. The second kappa shape index (κ2) is 4.98. The molecule has 1 fully saturated rings. The minimum Gasteiger partial charge on any atom is -0.465 e. The molecule has 0 saturated carbocycles. The Bertz CT molecular complexity index is 469. The third-order valence-electron chi connectivity index (χ3n) is 4.04. The SMILES string of the molecule is Cc1ccc(C(C(C)N)N2CCC(C)(C(N)=O)C2)o1. The van der Waals surface area contributed by atoms with Gasteiger partial charge in [0.1, 0.15) is 11.5 Å². The number of rotatable bonds is 4. The second-order valence-corrected chi connectivity index (χ2v) is 5.90. The molecular formula is C14H23N3O2. The summed E-state index contributed by atoms with van der Waals surface area (Å²) in [5.74, 6) is 1.49. The molecule has 5 nitrogen and oxygen atoms in total. The number of aryl methyl sites for hydroxylation is 1. The van der Waals surface area contributed by atoms with Crippen molar-refractivity contribution < 1.29 is 9.21 Å². The Kier molecular flexibility index (Phi) is 3.69. The molecule has 19 heavy (non-hydrogen) atoms. The number of likely N-dealkylation sites (tertiary alicyclic amines) is 1. The molecule has 0 spiro atoms. The van der Waals surface area contributed by atoms with Crippen LogP contribution >= 0.6 is 0 Å². The van der Waals surface area contributed by atoms with E-state index < -0.39 is 5.41 Å². The zero-order chi connectivity index (χ0) is 14.2. The average molecular weight is 265 g/mol. The summed E-state index contributed by atoms with van der Waals surface area (Å²) < 4.78 is 5.71. The van der Waals surface area contributed by atoms with Crippen LogP contribution in [0.5, 0.6) is 0 Å². The van der Waals surface area contributed by atoms with Crippen molar-refractivity contribution in [1.29, 1.82) is 0 Å². The minimum atomic E-state index is -0.464.